The summed E-state index contributed by atoms with van der Waals surface area (Å²) >= 11 is 0. The number of hydrogen-bond donors (Lipinski definition) is 1. The van der Waals surface area contributed by atoms with Gasteiger partial charge in [-0.05, 0) is 38.4 Å². The number of rotatable bonds is 5. The molecule has 0 spiro atoms. The third kappa shape index (κ3) is 5.41. The maximum atomic E-state index is 11.4. The van der Waals surface area contributed by atoms with Crippen molar-refractivity contribution in [1.82, 2.24) is 9.62 Å². The SMILES string of the molecule is Cc1ccc(C(CNS(C)(=O)=O)N2CCCCCC2)cc1. The molecule has 0 amide bonds. The van der Waals surface area contributed by atoms with Crippen LogP contribution < -0.4 is 4.72 Å². The average molecular weight is 310 g/mol. The van der Waals surface area contributed by atoms with Gasteiger partial charge in [0.05, 0.1) is 6.26 Å². The van der Waals surface area contributed by atoms with Crippen molar-refractivity contribution in [2.24, 2.45) is 0 Å². The van der Waals surface area contributed by atoms with Crippen molar-refractivity contribution < 1.29 is 8.42 Å². The Hall–Kier alpha value is -0.910. The van der Waals surface area contributed by atoms with E-state index in [0.29, 0.717) is 6.54 Å². The molecule has 5 heteroatoms. The number of nitrogens with one attached hydrogen (secondary N) is 1. The molecule has 1 unspecified atom stereocenters. The van der Waals surface area contributed by atoms with Gasteiger partial charge in [0.25, 0.3) is 0 Å². The van der Waals surface area contributed by atoms with Gasteiger partial charge in [-0.15, -0.1) is 0 Å². The maximum Gasteiger partial charge on any atom is 0.208 e. The third-order valence-corrected chi connectivity index (χ3v) is 4.77. The fourth-order valence-electron chi connectivity index (χ4n) is 2.88. The summed E-state index contributed by atoms with van der Waals surface area (Å²) in [4.78, 5) is 2.43. The van der Waals surface area contributed by atoms with Crippen molar-refractivity contribution in [3.8, 4) is 0 Å². The molecule has 118 valence electrons. The first-order valence-electron chi connectivity index (χ1n) is 7.71. The van der Waals surface area contributed by atoms with E-state index in [-0.39, 0.29) is 6.04 Å². The largest absolute Gasteiger partial charge is 0.295 e. The van der Waals surface area contributed by atoms with Crippen LogP contribution in [0.25, 0.3) is 0 Å². The summed E-state index contributed by atoms with van der Waals surface area (Å²) in [6.45, 7) is 4.61. The smallest absolute Gasteiger partial charge is 0.208 e. The van der Waals surface area contributed by atoms with E-state index in [4.69, 9.17) is 0 Å². The van der Waals surface area contributed by atoms with E-state index in [2.05, 4.69) is 40.8 Å². The first-order chi connectivity index (χ1) is 9.96. The molecule has 1 aliphatic heterocycles. The van der Waals surface area contributed by atoms with Crippen molar-refractivity contribution >= 4 is 10.0 Å². The number of hydrogen-bond acceptors (Lipinski definition) is 3. The Morgan fingerprint density at radius 1 is 1.10 bits per heavy atom. The molecule has 0 aromatic heterocycles. The molecule has 1 aromatic rings. The molecule has 0 saturated carbocycles. The van der Waals surface area contributed by atoms with Crippen LogP contribution in [0.4, 0.5) is 0 Å². The summed E-state index contributed by atoms with van der Waals surface area (Å²) in [6, 6.07) is 8.56. The lowest BCUT2D eigenvalue weighted by atomic mass is 10.0. The molecule has 4 nitrogen and oxygen atoms in total. The molecule has 1 N–H and O–H groups in total. The minimum Gasteiger partial charge on any atom is -0.295 e. The molecule has 1 aliphatic rings. The molecule has 0 aliphatic carbocycles. The van der Waals surface area contributed by atoms with Gasteiger partial charge in [0.1, 0.15) is 0 Å². The van der Waals surface area contributed by atoms with Crippen LogP contribution in [0.15, 0.2) is 24.3 Å². The summed E-state index contributed by atoms with van der Waals surface area (Å²) in [6.07, 6.45) is 6.16. The predicted octanol–water partition coefficient (Wildman–Crippen LogP) is 2.46. The molecule has 1 heterocycles. The van der Waals surface area contributed by atoms with Gasteiger partial charge in [0.2, 0.25) is 10.0 Å². The lowest BCUT2D eigenvalue weighted by Crippen LogP contribution is -2.38. The normalized spacial score (nSPS) is 19.1. The monoisotopic (exact) mass is 310 g/mol. The highest BCUT2D eigenvalue weighted by Gasteiger charge is 2.22. The van der Waals surface area contributed by atoms with Crippen LogP contribution in [-0.4, -0.2) is 39.2 Å². The second kappa shape index (κ2) is 7.38. The van der Waals surface area contributed by atoms with Crippen LogP contribution >= 0.6 is 0 Å². The van der Waals surface area contributed by atoms with E-state index in [1.165, 1.54) is 43.1 Å². The molecule has 0 bridgehead atoms. The minimum atomic E-state index is -3.16. The minimum absolute atomic E-state index is 0.124. The van der Waals surface area contributed by atoms with Gasteiger partial charge in [0, 0.05) is 12.6 Å². The summed E-state index contributed by atoms with van der Waals surface area (Å²) in [7, 11) is -3.16. The van der Waals surface area contributed by atoms with Crippen LogP contribution in [0.3, 0.4) is 0 Å². The van der Waals surface area contributed by atoms with Crippen molar-refractivity contribution in [1.29, 1.82) is 0 Å². The summed E-state index contributed by atoms with van der Waals surface area (Å²) in [5.74, 6) is 0. The molecular formula is C16H26N2O2S. The number of sulfonamides is 1. The lowest BCUT2D eigenvalue weighted by Gasteiger charge is -2.31. The Balaban J connectivity index is 2.17. The zero-order chi connectivity index (χ0) is 15.3. The van der Waals surface area contributed by atoms with Crippen LogP contribution in [0.1, 0.15) is 42.9 Å². The fraction of sp³-hybridized carbons (Fsp3) is 0.625. The van der Waals surface area contributed by atoms with Gasteiger partial charge >= 0.3 is 0 Å². The van der Waals surface area contributed by atoms with Gasteiger partial charge in [0.15, 0.2) is 0 Å². The number of likely N-dealkylation sites (tertiary alicyclic amines) is 1. The standard InChI is InChI=1S/C16H26N2O2S/c1-14-7-9-15(10-8-14)16(13-17-21(2,19)20)18-11-5-3-4-6-12-18/h7-10,16-17H,3-6,11-13H2,1-2H3. The highest BCUT2D eigenvalue weighted by molar-refractivity contribution is 7.88. The Kier molecular flexibility index (Phi) is 5.79. The fourth-order valence-corrected chi connectivity index (χ4v) is 3.34. The molecule has 2 rings (SSSR count). The zero-order valence-corrected chi connectivity index (χ0v) is 13.8. The second-order valence-corrected chi connectivity index (χ2v) is 7.83. The van der Waals surface area contributed by atoms with Crippen molar-refractivity contribution in [3.63, 3.8) is 0 Å². The van der Waals surface area contributed by atoms with Gasteiger partial charge in [-0.1, -0.05) is 42.7 Å². The van der Waals surface area contributed by atoms with Crippen molar-refractivity contribution in [2.75, 3.05) is 25.9 Å². The number of aryl methyl sites for hydroxylation is 1. The molecule has 1 aromatic carbocycles. The second-order valence-electron chi connectivity index (χ2n) is 6.00. The van der Waals surface area contributed by atoms with Crippen LogP contribution in [0.2, 0.25) is 0 Å². The molecule has 1 saturated heterocycles. The quantitative estimate of drug-likeness (QED) is 0.909. The van der Waals surface area contributed by atoms with E-state index in [0.717, 1.165) is 13.1 Å². The lowest BCUT2D eigenvalue weighted by molar-refractivity contribution is 0.206. The maximum absolute atomic E-state index is 11.4. The summed E-state index contributed by atoms with van der Waals surface area (Å²) < 4.78 is 25.6. The molecule has 1 fully saturated rings. The zero-order valence-electron chi connectivity index (χ0n) is 13.0. The summed E-state index contributed by atoms with van der Waals surface area (Å²) in [5, 5.41) is 0. The van der Waals surface area contributed by atoms with E-state index < -0.39 is 10.0 Å². The molecular weight excluding hydrogens is 284 g/mol. The van der Waals surface area contributed by atoms with Crippen molar-refractivity contribution in [3.05, 3.63) is 35.4 Å². The van der Waals surface area contributed by atoms with Crippen molar-refractivity contribution in [2.45, 2.75) is 38.6 Å². The van der Waals surface area contributed by atoms with Crippen LogP contribution in [0.5, 0.6) is 0 Å². The first kappa shape index (κ1) is 16.5. The third-order valence-electron chi connectivity index (χ3n) is 4.08. The van der Waals surface area contributed by atoms with Gasteiger partial charge < -0.3 is 0 Å². The van der Waals surface area contributed by atoms with E-state index in [1.807, 2.05) is 0 Å². The van der Waals surface area contributed by atoms with Gasteiger partial charge in [-0.2, -0.15) is 0 Å². The summed E-state index contributed by atoms with van der Waals surface area (Å²) in [5.41, 5.74) is 2.42. The van der Waals surface area contributed by atoms with Gasteiger partial charge in [-0.25, -0.2) is 13.1 Å². The molecule has 1 atom stereocenters. The van der Waals surface area contributed by atoms with Crippen LogP contribution in [0, 0.1) is 6.92 Å². The highest BCUT2D eigenvalue weighted by atomic mass is 32.2. The van der Waals surface area contributed by atoms with E-state index in [9.17, 15) is 8.42 Å². The Bertz CT molecular complexity index is 532. The number of nitrogens with zero attached hydrogens (tertiary/aromatic N) is 1. The average Bonchev–Trinajstić information content (AvgIpc) is 2.69. The number of benzene rings is 1. The Morgan fingerprint density at radius 3 is 2.19 bits per heavy atom. The Morgan fingerprint density at radius 2 is 1.67 bits per heavy atom. The highest BCUT2D eigenvalue weighted by Crippen LogP contribution is 2.24. The topological polar surface area (TPSA) is 49.4 Å². The van der Waals surface area contributed by atoms with E-state index >= 15 is 0 Å². The van der Waals surface area contributed by atoms with E-state index in [1.54, 1.807) is 0 Å². The molecule has 0 radical (unpaired) electrons. The Labute approximate surface area is 128 Å². The predicted molar refractivity (Wildman–Crippen MR) is 86.8 cm³/mol. The van der Waals surface area contributed by atoms with Crippen LogP contribution in [-0.2, 0) is 10.0 Å². The molecule has 21 heavy (non-hydrogen) atoms. The first-order valence-corrected chi connectivity index (χ1v) is 9.60. The van der Waals surface area contributed by atoms with Gasteiger partial charge in [-0.3, -0.25) is 4.90 Å².